The van der Waals surface area contributed by atoms with E-state index < -0.39 is 5.97 Å². The van der Waals surface area contributed by atoms with Crippen molar-refractivity contribution in [1.29, 1.82) is 0 Å². The maximum absolute atomic E-state index is 11.1. The van der Waals surface area contributed by atoms with Gasteiger partial charge in [0.2, 0.25) is 0 Å². The van der Waals surface area contributed by atoms with Crippen molar-refractivity contribution in [3.05, 3.63) is 33.8 Å². The molecule has 16 heavy (non-hydrogen) atoms. The van der Waals surface area contributed by atoms with Crippen LogP contribution in [0.2, 0.25) is 0 Å². The van der Waals surface area contributed by atoms with Gasteiger partial charge in [0.15, 0.2) is 0 Å². The van der Waals surface area contributed by atoms with E-state index in [4.69, 9.17) is 9.84 Å². The Morgan fingerprint density at radius 2 is 2.38 bits per heavy atom. The van der Waals surface area contributed by atoms with Crippen LogP contribution in [0, 0.1) is 0 Å². The second-order valence-electron chi connectivity index (χ2n) is 3.60. The quantitative estimate of drug-likeness (QED) is 0.870. The molecular formula is C11H12BrNO3. The number of nitrogens with one attached hydrogen (secondary N) is 1. The maximum Gasteiger partial charge on any atom is 0.336 e. The van der Waals surface area contributed by atoms with E-state index in [0.717, 1.165) is 16.6 Å². The van der Waals surface area contributed by atoms with E-state index in [9.17, 15) is 4.79 Å². The SMILES string of the molecule is O=C(O)c1cc(Br)ccc1C1CNCCO1. The second-order valence-corrected chi connectivity index (χ2v) is 4.52. The molecule has 1 atom stereocenters. The van der Waals surface area contributed by atoms with Crippen LogP contribution < -0.4 is 5.32 Å². The third kappa shape index (κ3) is 2.42. The number of rotatable bonds is 2. The lowest BCUT2D eigenvalue weighted by atomic mass is 10.0. The van der Waals surface area contributed by atoms with E-state index in [0.29, 0.717) is 18.7 Å². The van der Waals surface area contributed by atoms with Crippen molar-refractivity contribution in [3.63, 3.8) is 0 Å². The number of hydrogen-bond acceptors (Lipinski definition) is 3. The molecule has 1 aromatic rings. The fraction of sp³-hybridized carbons (Fsp3) is 0.364. The van der Waals surface area contributed by atoms with E-state index >= 15 is 0 Å². The minimum Gasteiger partial charge on any atom is -0.478 e. The Morgan fingerprint density at radius 3 is 3.00 bits per heavy atom. The summed E-state index contributed by atoms with van der Waals surface area (Å²) < 4.78 is 6.32. The van der Waals surface area contributed by atoms with Crippen LogP contribution in [0.15, 0.2) is 22.7 Å². The largest absolute Gasteiger partial charge is 0.478 e. The Bertz CT molecular complexity index is 402. The van der Waals surface area contributed by atoms with Gasteiger partial charge in [0.1, 0.15) is 0 Å². The predicted octanol–water partition coefficient (Wildman–Crippen LogP) is 1.81. The molecule has 0 amide bonds. The first-order valence-electron chi connectivity index (χ1n) is 5.03. The van der Waals surface area contributed by atoms with E-state index in [1.54, 1.807) is 12.1 Å². The molecule has 1 aromatic carbocycles. The highest BCUT2D eigenvalue weighted by Gasteiger charge is 2.21. The van der Waals surface area contributed by atoms with E-state index in [1.165, 1.54) is 0 Å². The van der Waals surface area contributed by atoms with Crippen LogP contribution in [0.25, 0.3) is 0 Å². The van der Waals surface area contributed by atoms with Gasteiger partial charge in [-0.2, -0.15) is 0 Å². The average molecular weight is 286 g/mol. The summed E-state index contributed by atoms with van der Waals surface area (Å²) >= 11 is 3.27. The summed E-state index contributed by atoms with van der Waals surface area (Å²) in [6.45, 7) is 2.08. The molecule has 1 unspecified atom stereocenters. The van der Waals surface area contributed by atoms with Gasteiger partial charge >= 0.3 is 5.97 Å². The smallest absolute Gasteiger partial charge is 0.336 e. The van der Waals surface area contributed by atoms with Gasteiger partial charge in [-0.05, 0) is 17.7 Å². The lowest BCUT2D eigenvalue weighted by Gasteiger charge is -2.25. The Kier molecular flexibility index (Phi) is 3.58. The fourth-order valence-corrected chi connectivity index (χ4v) is 2.12. The van der Waals surface area contributed by atoms with Gasteiger partial charge in [-0.1, -0.05) is 22.0 Å². The van der Waals surface area contributed by atoms with Gasteiger partial charge in [0, 0.05) is 17.6 Å². The molecule has 2 N–H and O–H groups in total. The molecular weight excluding hydrogens is 274 g/mol. The Labute approximate surface area is 102 Å². The molecule has 1 aliphatic heterocycles. The van der Waals surface area contributed by atoms with Gasteiger partial charge in [0.25, 0.3) is 0 Å². The van der Waals surface area contributed by atoms with Crippen molar-refractivity contribution in [2.75, 3.05) is 19.7 Å². The third-order valence-corrected chi connectivity index (χ3v) is 3.01. The topological polar surface area (TPSA) is 58.6 Å². The molecule has 1 fully saturated rings. The summed E-state index contributed by atoms with van der Waals surface area (Å²) in [7, 11) is 0. The molecule has 2 rings (SSSR count). The van der Waals surface area contributed by atoms with E-state index in [-0.39, 0.29) is 6.10 Å². The number of hydrogen-bond donors (Lipinski definition) is 2. The zero-order valence-corrected chi connectivity index (χ0v) is 10.2. The van der Waals surface area contributed by atoms with Crippen LogP contribution in [-0.2, 0) is 4.74 Å². The van der Waals surface area contributed by atoms with Crippen LogP contribution in [-0.4, -0.2) is 30.8 Å². The molecule has 1 aliphatic rings. The van der Waals surface area contributed by atoms with Crippen LogP contribution in [0.3, 0.4) is 0 Å². The van der Waals surface area contributed by atoms with Gasteiger partial charge in [-0.3, -0.25) is 0 Å². The predicted molar refractivity (Wildman–Crippen MR) is 62.7 cm³/mol. The second kappa shape index (κ2) is 4.95. The monoisotopic (exact) mass is 285 g/mol. The van der Waals surface area contributed by atoms with Gasteiger partial charge in [0.05, 0.1) is 18.3 Å². The van der Waals surface area contributed by atoms with Crippen LogP contribution in [0.4, 0.5) is 0 Å². The fourth-order valence-electron chi connectivity index (χ4n) is 1.76. The zero-order chi connectivity index (χ0) is 11.5. The van der Waals surface area contributed by atoms with Gasteiger partial charge < -0.3 is 15.2 Å². The van der Waals surface area contributed by atoms with Crippen molar-refractivity contribution in [1.82, 2.24) is 5.32 Å². The van der Waals surface area contributed by atoms with Crippen molar-refractivity contribution in [2.45, 2.75) is 6.10 Å². The molecule has 0 spiro atoms. The molecule has 0 radical (unpaired) electrons. The highest BCUT2D eigenvalue weighted by molar-refractivity contribution is 9.10. The zero-order valence-electron chi connectivity index (χ0n) is 8.57. The van der Waals surface area contributed by atoms with Crippen LogP contribution >= 0.6 is 15.9 Å². The normalized spacial score (nSPS) is 20.7. The number of morpholine rings is 1. The molecule has 5 heteroatoms. The molecule has 1 heterocycles. The lowest BCUT2D eigenvalue weighted by Crippen LogP contribution is -2.34. The van der Waals surface area contributed by atoms with Crippen molar-refractivity contribution >= 4 is 21.9 Å². The highest BCUT2D eigenvalue weighted by Crippen LogP contribution is 2.25. The Balaban J connectivity index is 2.34. The van der Waals surface area contributed by atoms with Crippen molar-refractivity contribution in [2.24, 2.45) is 0 Å². The minimum absolute atomic E-state index is 0.173. The van der Waals surface area contributed by atoms with Crippen LogP contribution in [0.5, 0.6) is 0 Å². The van der Waals surface area contributed by atoms with Crippen molar-refractivity contribution in [3.8, 4) is 0 Å². The standard InChI is InChI=1S/C11H12BrNO3/c12-7-1-2-8(9(5-7)11(14)15)10-6-13-3-4-16-10/h1-2,5,10,13H,3-4,6H2,(H,14,15). The van der Waals surface area contributed by atoms with E-state index in [2.05, 4.69) is 21.2 Å². The summed E-state index contributed by atoms with van der Waals surface area (Å²) in [5.74, 6) is -0.925. The molecule has 4 nitrogen and oxygen atoms in total. The summed E-state index contributed by atoms with van der Waals surface area (Å²) in [6.07, 6.45) is -0.173. The lowest BCUT2D eigenvalue weighted by molar-refractivity contribution is 0.0263. The first-order valence-corrected chi connectivity index (χ1v) is 5.83. The first kappa shape index (κ1) is 11.6. The van der Waals surface area contributed by atoms with Gasteiger partial charge in [-0.25, -0.2) is 4.79 Å². The highest BCUT2D eigenvalue weighted by atomic mass is 79.9. The number of carbonyl (C=O) groups is 1. The number of benzene rings is 1. The molecule has 0 aromatic heterocycles. The molecule has 86 valence electrons. The average Bonchev–Trinajstić information content (AvgIpc) is 2.30. The maximum atomic E-state index is 11.1. The van der Waals surface area contributed by atoms with Gasteiger partial charge in [-0.15, -0.1) is 0 Å². The third-order valence-electron chi connectivity index (χ3n) is 2.52. The van der Waals surface area contributed by atoms with Crippen molar-refractivity contribution < 1.29 is 14.6 Å². The van der Waals surface area contributed by atoms with E-state index in [1.807, 2.05) is 6.07 Å². The summed E-state index contributed by atoms with van der Waals surface area (Å²) in [5.41, 5.74) is 1.02. The van der Waals surface area contributed by atoms with Crippen LogP contribution in [0.1, 0.15) is 22.0 Å². The first-order chi connectivity index (χ1) is 7.68. The Hall–Kier alpha value is -0.910. The Morgan fingerprint density at radius 1 is 1.56 bits per heavy atom. The summed E-state index contributed by atoms with van der Waals surface area (Å²) in [4.78, 5) is 11.1. The molecule has 1 saturated heterocycles. The summed E-state index contributed by atoms with van der Waals surface area (Å²) in [5, 5.41) is 12.3. The molecule has 0 aliphatic carbocycles. The molecule has 0 saturated carbocycles. The number of ether oxygens (including phenoxy) is 1. The molecule has 0 bridgehead atoms. The number of carboxylic acid groups (broad SMARTS) is 1. The number of halogens is 1. The summed E-state index contributed by atoms with van der Waals surface area (Å²) in [6, 6.07) is 5.24. The minimum atomic E-state index is -0.925. The number of aromatic carboxylic acids is 1. The number of carboxylic acids is 1.